The average molecular weight is 344 g/mol. The van der Waals surface area contributed by atoms with Gasteiger partial charge < -0.3 is 14.9 Å². The van der Waals surface area contributed by atoms with Gasteiger partial charge in [-0.25, -0.2) is 9.59 Å². The lowest BCUT2D eigenvalue weighted by Gasteiger charge is -2.31. The number of rotatable bonds is 3. The molecule has 1 unspecified atom stereocenters. The molecule has 0 spiro atoms. The van der Waals surface area contributed by atoms with Crippen LogP contribution in [0.5, 0.6) is 0 Å². The Labute approximate surface area is 147 Å². The lowest BCUT2D eigenvalue weighted by atomic mass is 9.76. The molecule has 0 saturated heterocycles. The maximum Gasteiger partial charge on any atom is 0.503 e. The van der Waals surface area contributed by atoms with Crippen molar-refractivity contribution in [3.63, 3.8) is 0 Å². The summed E-state index contributed by atoms with van der Waals surface area (Å²) in [6.07, 6.45) is 2.03. The molecule has 2 rings (SSSR count). The second-order valence-corrected chi connectivity index (χ2v) is 6.48. The largest absolute Gasteiger partial charge is 0.503 e. The summed E-state index contributed by atoms with van der Waals surface area (Å²) < 4.78 is 5.95. The van der Waals surface area contributed by atoms with E-state index in [0.29, 0.717) is 12.2 Å². The summed E-state index contributed by atoms with van der Waals surface area (Å²) in [6, 6.07) is 9.99. The number of allylic oxidation sites excluding steroid dienone is 4. The van der Waals surface area contributed by atoms with Crippen LogP contribution in [0.4, 0.5) is 4.79 Å². The lowest BCUT2D eigenvalue weighted by molar-refractivity contribution is 0.137. The van der Waals surface area contributed by atoms with E-state index in [1.807, 2.05) is 49.4 Å². The minimum Gasteiger partial charge on any atom is -0.497 e. The highest BCUT2D eigenvalue weighted by molar-refractivity contribution is 5.66. The summed E-state index contributed by atoms with van der Waals surface area (Å²) in [7, 11) is 0. The van der Waals surface area contributed by atoms with E-state index < -0.39 is 6.16 Å². The van der Waals surface area contributed by atoms with Crippen LogP contribution in [-0.4, -0.2) is 28.9 Å². The molecule has 1 atom stereocenters. The summed E-state index contributed by atoms with van der Waals surface area (Å²) in [5.74, 6) is 2.79. The quantitative estimate of drug-likeness (QED) is 0.779. The number of ether oxygens (including phenoxy) is 1. The van der Waals surface area contributed by atoms with Gasteiger partial charge in [-0.15, -0.1) is 0 Å². The SMILES string of the molecule is CCOC1=C(C(C)(C)C)C=CC(=C=O)C1c1ccccc1.O=C(O)O. The van der Waals surface area contributed by atoms with Crippen molar-refractivity contribution in [2.24, 2.45) is 5.41 Å². The van der Waals surface area contributed by atoms with Crippen molar-refractivity contribution in [2.45, 2.75) is 33.6 Å². The van der Waals surface area contributed by atoms with Gasteiger partial charge in [-0.3, -0.25) is 0 Å². The summed E-state index contributed by atoms with van der Waals surface area (Å²) >= 11 is 0. The molecular formula is C20H24O5. The smallest absolute Gasteiger partial charge is 0.497 e. The topological polar surface area (TPSA) is 83.8 Å². The molecule has 0 aliphatic heterocycles. The van der Waals surface area contributed by atoms with Gasteiger partial charge in [-0.05, 0) is 29.6 Å². The van der Waals surface area contributed by atoms with E-state index in [1.54, 1.807) is 0 Å². The first-order chi connectivity index (χ1) is 11.7. The third-order valence-electron chi connectivity index (χ3n) is 3.63. The molecule has 1 aliphatic rings. The zero-order valence-corrected chi connectivity index (χ0v) is 14.9. The lowest BCUT2D eigenvalue weighted by Crippen LogP contribution is -2.20. The van der Waals surface area contributed by atoms with E-state index in [0.717, 1.165) is 16.9 Å². The monoisotopic (exact) mass is 344 g/mol. The summed E-state index contributed by atoms with van der Waals surface area (Å²) in [5.41, 5.74) is 2.78. The molecule has 0 radical (unpaired) electrons. The highest BCUT2D eigenvalue weighted by Crippen LogP contribution is 2.43. The molecule has 2 N–H and O–H groups in total. The fourth-order valence-electron chi connectivity index (χ4n) is 2.65. The molecule has 0 fully saturated rings. The Kier molecular flexibility index (Phi) is 7.22. The van der Waals surface area contributed by atoms with Gasteiger partial charge in [-0.1, -0.05) is 57.2 Å². The molecule has 134 valence electrons. The predicted molar refractivity (Wildman–Crippen MR) is 96.3 cm³/mol. The van der Waals surface area contributed by atoms with Crippen molar-refractivity contribution in [2.75, 3.05) is 6.61 Å². The fourth-order valence-corrected chi connectivity index (χ4v) is 2.65. The van der Waals surface area contributed by atoms with E-state index >= 15 is 0 Å². The Balaban J connectivity index is 0.000000705. The Hall–Kier alpha value is -2.78. The highest BCUT2D eigenvalue weighted by Gasteiger charge is 2.32. The van der Waals surface area contributed by atoms with Crippen molar-refractivity contribution < 1.29 is 24.5 Å². The van der Waals surface area contributed by atoms with E-state index in [-0.39, 0.29) is 11.3 Å². The first-order valence-corrected chi connectivity index (χ1v) is 7.99. The maximum absolute atomic E-state index is 11.4. The molecule has 0 aromatic heterocycles. The van der Waals surface area contributed by atoms with Crippen LogP contribution in [0.1, 0.15) is 39.2 Å². The molecule has 1 aliphatic carbocycles. The minimum absolute atomic E-state index is 0.0392. The molecule has 5 heteroatoms. The van der Waals surface area contributed by atoms with Gasteiger partial charge in [0.15, 0.2) is 0 Å². The third kappa shape index (κ3) is 5.66. The Morgan fingerprint density at radius 1 is 1.16 bits per heavy atom. The summed E-state index contributed by atoms with van der Waals surface area (Å²) in [4.78, 5) is 19.9. The van der Waals surface area contributed by atoms with Gasteiger partial charge in [0.2, 0.25) is 0 Å². The molecule has 1 aromatic rings. The molecule has 25 heavy (non-hydrogen) atoms. The van der Waals surface area contributed by atoms with Crippen LogP contribution in [0.2, 0.25) is 0 Å². The van der Waals surface area contributed by atoms with E-state index in [9.17, 15) is 4.79 Å². The molecule has 5 nitrogen and oxygen atoms in total. The average Bonchev–Trinajstić information content (AvgIpc) is 2.54. The fraction of sp³-hybridized carbons (Fsp3) is 0.350. The Bertz CT molecular complexity index is 697. The zero-order chi connectivity index (χ0) is 19.0. The van der Waals surface area contributed by atoms with Gasteiger partial charge in [0.1, 0.15) is 11.7 Å². The molecule has 1 aromatic carbocycles. The van der Waals surface area contributed by atoms with Crippen LogP contribution in [-0.2, 0) is 9.53 Å². The number of carboxylic acid groups (broad SMARTS) is 2. The number of carbonyl (C=O) groups is 1. The van der Waals surface area contributed by atoms with Gasteiger partial charge in [0.25, 0.3) is 0 Å². The highest BCUT2D eigenvalue weighted by atomic mass is 16.6. The first-order valence-electron chi connectivity index (χ1n) is 7.99. The van der Waals surface area contributed by atoms with Gasteiger partial charge in [0.05, 0.1) is 18.1 Å². The number of hydrogen-bond donors (Lipinski definition) is 2. The van der Waals surface area contributed by atoms with Crippen molar-refractivity contribution in [3.05, 3.63) is 65.0 Å². The third-order valence-corrected chi connectivity index (χ3v) is 3.63. The number of carbonyl (C=O) groups excluding carboxylic acids is 1. The number of hydrogen-bond acceptors (Lipinski definition) is 3. The molecular weight excluding hydrogens is 320 g/mol. The van der Waals surface area contributed by atoms with Crippen LogP contribution in [0.25, 0.3) is 0 Å². The second-order valence-electron chi connectivity index (χ2n) is 6.48. The van der Waals surface area contributed by atoms with Crippen LogP contribution in [0.15, 0.2) is 59.4 Å². The second kappa shape index (κ2) is 8.90. The van der Waals surface area contributed by atoms with Crippen molar-refractivity contribution in [1.82, 2.24) is 0 Å². The van der Waals surface area contributed by atoms with Crippen LogP contribution >= 0.6 is 0 Å². The van der Waals surface area contributed by atoms with E-state index in [2.05, 4.69) is 26.7 Å². The minimum atomic E-state index is -1.83. The number of benzene rings is 1. The summed E-state index contributed by atoms with van der Waals surface area (Å²) in [5, 5.41) is 13.9. The van der Waals surface area contributed by atoms with Crippen molar-refractivity contribution >= 4 is 12.1 Å². The molecule has 0 amide bonds. The van der Waals surface area contributed by atoms with E-state index in [4.69, 9.17) is 19.7 Å². The standard InChI is InChI=1S/C19H22O2.CH2O3/c1-5-21-18-16(19(2,3)4)12-11-15(13-20)17(18)14-9-7-6-8-10-14;2-1(3)4/h6-12,17H,5H2,1-4H3;(H2,2,3,4). The summed E-state index contributed by atoms with van der Waals surface area (Å²) in [6.45, 7) is 9.02. The maximum atomic E-state index is 11.4. The van der Waals surface area contributed by atoms with Gasteiger partial charge >= 0.3 is 6.16 Å². The normalized spacial score (nSPS) is 16.6. The van der Waals surface area contributed by atoms with Crippen molar-refractivity contribution in [1.29, 1.82) is 0 Å². The van der Waals surface area contributed by atoms with Gasteiger partial charge in [0, 0.05) is 0 Å². The van der Waals surface area contributed by atoms with Crippen LogP contribution in [0, 0.1) is 5.41 Å². The molecule has 0 heterocycles. The Morgan fingerprint density at radius 2 is 1.72 bits per heavy atom. The molecule has 0 saturated carbocycles. The van der Waals surface area contributed by atoms with Gasteiger partial charge in [-0.2, -0.15) is 0 Å². The first kappa shape index (κ1) is 20.3. The Morgan fingerprint density at radius 3 is 2.16 bits per heavy atom. The van der Waals surface area contributed by atoms with Crippen LogP contribution in [0.3, 0.4) is 0 Å². The zero-order valence-electron chi connectivity index (χ0n) is 14.9. The predicted octanol–water partition coefficient (Wildman–Crippen LogP) is 4.66. The molecule has 0 bridgehead atoms. The van der Waals surface area contributed by atoms with E-state index in [1.165, 1.54) is 0 Å². The van der Waals surface area contributed by atoms with Crippen molar-refractivity contribution in [3.8, 4) is 0 Å². The van der Waals surface area contributed by atoms with Crippen LogP contribution < -0.4 is 0 Å².